The summed E-state index contributed by atoms with van der Waals surface area (Å²) in [6.07, 6.45) is 2.38. The third-order valence-corrected chi connectivity index (χ3v) is 6.13. The fourth-order valence-corrected chi connectivity index (χ4v) is 4.24. The van der Waals surface area contributed by atoms with Gasteiger partial charge in [-0.3, -0.25) is 4.79 Å². The quantitative estimate of drug-likeness (QED) is 0.672. The van der Waals surface area contributed by atoms with Gasteiger partial charge in [-0.1, -0.05) is 32.1 Å². The number of rotatable bonds is 5. The summed E-state index contributed by atoms with van der Waals surface area (Å²) < 4.78 is 14.9. The number of nitrogens with zero attached hydrogens (tertiary/aromatic N) is 5. The largest absolute Gasteiger partial charge is 0.368 e. The smallest absolute Gasteiger partial charge is 0.224 e. The number of benzene rings is 1. The number of piperazine rings is 1. The van der Waals surface area contributed by atoms with Crippen LogP contribution < -0.4 is 10.2 Å². The topological polar surface area (TPSA) is 65.8 Å². The van der Waals surface area contributed by atoms with E-state index in [2.05, 4.69) is 41.1 Å². The standard InChI is InChI=1S/C21H27FN6OS/c1-21(2,3)17-14-28-20(24-17)30-19(25-28)23-9-8-18(29)27-12-10-26(11-13-27)16-6-4-15(22)5-7-16/h4-7,14H,8-13H2,1-3H3,(H,23,25). The van der Waals surface area contributed by atoms with E-state index >= 15 is 0 Å². The molecule has 7 nitrogen and oxygen atoms in total. The zero-order valence-corrected chi connectivity index (χ0v) is 18.4. The van der Waals surface area contributed by atoms with Gasteiger partial charge in [0.05, 0.1) is 11.9 Å². The molecule has 0 aliphatic carbocycles. The van der Waals surface area contributed by atoms with Crippen molar-refractivity contribution in [1.82, 2.24) is 19.5 Å². The molecule has 160 valence electrons. The summed E-state index contributed by atoms with van der Waals surface area (Å²) in [4.78, 5) is 22.1. The Balaban J connectivity index is 1.24. The van der Waals surface area contributed by atoms with Gasteiger partial charge < -0.3 is 15.1 Å². The molecule has 2 aromatic heterocycles. The zero-order chi connectivity index (χ0) is 21.3. The minimum absolute atomic E-state index is 0.00580. The van der Waals surface area contributed by atoms with Gasteiger partial charge in [0.25, 0.3) is 0 Å². The minimum Gasteiger partial charge on any atom is -0.368 e. The van der Waals surface area contributed by atoms with Crippen LogP contribution >= 0.6 is 11.3 Å². The van der Waals surface area contributed by atoms with Crippen molar-refractivity contribution in [3.05, 3.63) is 42.0 Å². The van der Waals surface area contributed by atoms with Gasteiger partial charge >= 0.3 is 0 Å². The fraction of sp³-hybridized carbons (Fsp3) is 0.476. The molecule has 0 bridgehead atoms. The van der Waals surface area contributed by atoms with Crippen LogP contribution in [0.1, 0.15) is 32.9 Å². The summed E-state index contributed by atoms with van der Waals surface area (Å²) >= 11 is 1.49. The van der Waals surface area contributed by atoms with Crippen LogP contribution in [-0.4, -0.2) is 58.1 Å². The highest BCUT2D eigenvalue weighted by Crippen LogP contribution is 2.25. The zero-order valence-electron chi connectivity index (χ0n) is 17.6. The molecule has 0 saturated carbocycles. The molecule has 0 radical (unpaired) electrons. The fourth-order valence-electron chi connectivity index (χ4n) is 3.43. The van der Waals surface area contributed by atoms with Gasteiger partial charge in [-0.25, -0.2) is 13.9 Å². The number of carbonyl (C=O) groups is 1. The highest BCUT2D eigenvalue weighted by Gasteiger charge is 2.22. The molecule has 3 heterocycles. The molecule has 0 unspecified atom stereocenters. The summed E-state index contributed by atoms with van der Waals surface area (Å²) in [7, 11) is 0. The first kappa shape index (κ1) is 20.6. The Morgan fingerprint density at radius 3 is 2.50 bits per heavy atom. The van der Waals surface area contributed by atoms with E-state index in [1.807, 2.05) is 11.1 Å². The molecule has 1 amide bonds. The van der Waals surface area contributed by atoms with Crippen LogP contribution in [0.3, 0.4) is 0 Å². The van der Waals surface area contributed by atoms with Crippen molar-refractivity contribution in [3.8, 4) is 0 Å². The first-order valence-electron chi connectivity index (χ1n) is 10.2. The lowest BCUT2D eigenvalue weighted by atomic mass is 9.93. The average molecular weight is 431 g/mol. The average Bonchev–Trinajstić information content (AvgIpc) is 3.27. The molecule has 0 spiro atoms. The first-order chi connectivity index (χ1) is 14.3. The number of aromatic nitrogens is 3. The summed E-state index contributed by atoms with van der Waals surface area (Å²) in [5.74, 6) is -0.0964. The molecular weight excluding hydrogens is 403 g/mol. The number of carbonyl (C=O) groups excluding carboxylic acids is 1. The van der Waals surface area contributed by atoms with Crippen molar-refractivity contribution in [2.24, 2.45) is 0 Å². The normalized spacial score (nSPS) is 15.1. The molecule has 1 fully saturated rings. The van der Waals surface area contributed by atoms with E-state index < -0.39 is 0 Å². The third-order valence-electron chi connectivity index (χ3n) is 5.25. The van der Waals surface area contributed by atoms with Crippen molar-refractivity contribution in [3.63, 3.8) is 0 Å². The number of nitrogens with one attached hydrogen (secondary N) is 1. The van der Waals surface area contributed by atoms with Crippen molar-refractivity contribution in [1.29, 1.82) is 0 Å². The second kappa shape index (κ2) is 8.22. The van der Waals surface area contributed by atoms with Crippen LogP contribution in [0.15, 0.2) is 30.5 Å². The van der Waals surface area contributed by atoms with E-state index in [4.69, 9.17) is 0 Å². The summed E-state index contributed by atoms with van der Waals surface area (Å²) in [6, 6.07) is 6.51. The maximum atomic E-state index is 13.1. The minimum atomic E-state index is -0.233. The second-order valence-corrected chi connectivity index (χ2v) is 9.49. The van der Waals surface area contributed by atoms with Crippen molar-refractivity contribution >= 4 is 33.0 Å². The van der Waals surface area contributed by atoms with Gasteiger partial charge in [0, 0.05) is 50.2 Å². The Morgan fingerprint density at radius 2 is 1.87 bits per heavy atom. The van der Waals surface area contributed by atoms with E-state index in [1.165, 1.54) is 23.5 Å². The van der Waals surface area contributed by atoms with Crippen LogP contribution in [0.5, 0.6) is 0 Å². The van der Waals surface area contributed by atoms with Gasteiger partial charge in [-0.05, 0) is 24.3 Å². The summed E-state index contributed by atoms with van der Waals surface area (Å²) in [6.45, 7) is 9.79. The Bertz CT molecular complexity index is 983. The summed E-state index contributed by atoms with van der Waals surface area (Å²) in [5, 5.41) is 8.52. The van der Waals surface area contributed by atoms with Crippen molar-refractivity contribution < 1.29 is 9.18 Å². The number of hydrogen-bond donors (Lipinski definition) is 1. The number of hydrogen-bond acceptors (Lipinski definition) is 6. The Labute approximate surface area is 179 Å². The van der Waals surface area contributed by atoms with Gasteiger partial charge in [0.1, 0.15) is 5.82 Å². The molecule has 1 aliphatic heterocycles. The van der Waals surface area contributed by atoms with E-state index in [0.29, 0.717) is 26.1 Å². The second-order valence-electron chi connectivity index (χ2n) is 8.53. The van der Waals surface area contributed by atoms with Crippen LogP contribution in [0.4, 0.5) is 15.2 Å². The Kier molecular flexibility index (Phi) is 5.64. The molecule has 1 aromatic carbocycles. The van der Waals surface area contributed by atoms with Gasteiger partial charge in [-0.2, -0.15) is 0 Å². The Morgan fingerprint density at radius 1 is 1.17 bits per heavy atom. The molecule has 1 aliphatic rings. The van der Waals surface area contributed by atoms with Gasteiger partial charge in [-0.15, -0.1) is 5.10 Å². The number of halogens is 1. The van der Waals surface area contributed by atoms with E-state index in [0.717, 1.165) is 34.6 Å². The van der Waals surface area contributed by atoms with Crippen LogP contribution in [0.2, 0.25) is 0 Å². The lowest BCUT2D eigenvalue weighted by Gasteiger charge is -2.36. The van der Waals surface area contributed by atoms with Gasteiger partial charge in [0.15, 0.2) is 0 Å². The van der Waals surface area contributed by atoms with E-state index in [1.54, 1.807) is 16.6 Å². The Hall–Kier alpha value is -2.68. The van der Waals surface area contributed by atoms with Crippen LogP contribution in [0.25, 0.3) is 4.96 Å². The number of imidazole rings is 1. The van der Waals surface area contributed by atoms with Gasteiger partial charge in [0.2, 0.25) is 16.0 Å². The van der Waals surface area contributed by atoms with Crippen molar-refractivity contribution in [2.75, 3.05) is 42.9 Å². The summed E-state index contributed by atoms with van der Waals surface area (Å²) in [5.41, 5.74) is 2.00. The molecule has 1 saturated heterocycles. The van der Waals surface area contributed by atoms with E-state index in [9.17, 15) is 9.18 Å². The SMILES string of the molecule is CC(C)(C)c1cn2nc(NCCC(=O)N3CCN(c4ccc(F)cc4)CC3)sc2n1. The molecule has 1 N–H and O–H groups in total. The maximum Gasteiger partial charge on any atom is 0.224 e. The lowest BCUT2D eigenvalue weighted by molar-refractivity contribution is -0.131. The van der Waals surface area contributed by atoms with Crippen LogP contribution in [0, 0.1) is 5.82 Å². The highest BCUT2D eigenvalue weighted by molar-refractivity contribution is 7.20. The van der Waals surface area contributed by atoms with E-state index in [-0.39, 0.29) is 17.1 Å². The molecule has 0 atom stereocenters. The molecular formula is C21H27FN6OS. The highest BCUT2D eigenvalue weighted by atomic mass is 32.1. The van der Waals surface area contributed by atoms with Crippen molar-refractivity contribution in [2.45, 2.75) is 32.6 Å². The first-order valence-corrected chi connectivity index (χ1v) is 11.0. The third kappa shape index (κ3) is 4.56. The number of fused-ring (bicyclic) bond motifs is 1. The lowest BCUT2D eigenvalue weighted by Crippen LogP contribution is -2.49. The van der Waals surface area contributed by atoms with Crippen LogP contribution in [-0.2, 0) is 10.2 Å². The number of anilines is 2. The predicted octanol–water partition coefficient (Wildman–Crippen LogP) is 3.38. The molecule has 9 heteroatoms. The monoisotopic (exact) mass is 430 g/mol. The number of amides is 1. The molecule has 3 aromatic rings. The molecule has 30 heavy (non-hydrogen) atoms. The predicted molar refractivity (Wildman–Crippen MR) is 118 cm³/mol. The molecule has 4 rings (SSSR count). The maximum absolute atomic E-state index is 13.1.